The topological polar surface area (TPSA) is 95.9 Å². The zero-order valence-corrected chi connectivity index (χ0v) is 17.9. The SMILES string of the molecule is O=C(O)C(F)(F)F.O=C(c1ccccn1)N1CCC2(CC1)CN(Cc1ccccn1)CCO2. The van der Waals surface area contributed by atoms with E-state index in [2.05, 4.69) is 20.9 Å². The van der Waals surface area contributed by atoms with Crippen molar-refractivity contribution in [3.63, 3.8) is 0 Å². The van der Waals surface area contributed by atoms with Crippen molar-refractivity contribution in [1.82, 2.24) is 19.8 Å². The average molecular weight is 466 g/mol. The molecule has 1 N–H and O–H groups in total. The van der Waals surface area contributed by atoms with Crippen LogP contribution in [0.1, 0.15) is 29.0 Å². The molecule has 2 aromatic heterocycles. The normalized spacial score (nSPS) is 18.3. The van der Waals surface area contributed by atoms with E-state index in [0.717, 1.165) is 44.8 Å². The minimum Gasteiger partial charge on any atom is -0.475 e. The highest BCUT2D eigenvalue weighted by Gasteiger charge is 2.41. The van der Waals surface area contributed by atoms with E-state index >= 15 is 0 Å². The monoisotopic (exact) mass is 466 g/mol. The smallest absolute Gasteiger partial charge is 0.475 e. The second-order valence-electron chi connectivity index (χ2n) is 7.87. The molecule has 33 heavy (non-hydrogen) atoms. The molecule has 0 aromatic carbocycles. The summed E-state index contributed by atoms with van der Waals surface area (Å²) >= 11 is 0. The number of carboxylic acids is 1. The first-order valence-corrected chi connectivity index (χ1v) is 10.5. The summed E-state index contributed by atoms with van der Waals surface area (Å²) in [5.41, 5.74) is 1.46. The fraction of sp³-hybridized carbons (Fsp3) is 0.455. The number of rotatable bonds is 3. The average Bonchev–Trinajstić information content (AvgIpc) is 2.80. The molecule has 0 atom stereocenters. The largest absolute Gasteiger partial charge is 0.490 e. The number of likely N-dealkylation sites (tertiary alicyclic amines) is 1. The number of carbonyl (C=O) groups excluding carboxylic acids is 1. The van der Waals surface area contributed by atoms with Crippen molar-refractivity contribution in [2.45, 2.75) is 31.2 Å². The number of amides is 1. The molecule has 0 unspecified atom stereocenters. The van der Waals surface area contributed by atoms with Gasteiger partial charge in [0.25, 0.3) is 5.91 Å². The van der Waals surface area contributed by atoms with Crippen LogP contribution in [0.4, 0.5) is 13.2 Å². The van der Waals surface area contributed by atoms with Gasteiger partial charge in [-0.1, -0.05) is 12.1 Å². The summed E-state index contributed by atoms with van der Waals surface area (Å²) in [7, 11) is 0. The number of carboxylic acid groups (broad SMARTS) is 1. The standard InChI is InChI=1S/C20H24N4O2.C2HF3O2/c25-19(18-6-2-4-10-22-18)24-11-7-20(8-12-24)16-23(13-14-26-20)15-17-5-1-3-9-21-17;3-2(4,5)1(6)7/h1-6,9-10H,7-8,11-16H2;(H,6,7). The minimum atomic E-state index is -5.08. The van der Waals surface area contributed by atoms with Crippen LogP contribution < -0.4 is 0 Å². The number of morpholine rings is 1. The third kappa shape index (κ3) is 6.96. The molecule has 0 saturated carbocycles. The first kappa shape index (κ1) is 24.6. The van der Waals surface area contributed by atoms with Gasteiger partial charge in [-0.2, -0.15) is 13.2 Å². The molecule has 2 fully saturated rings. The first-order valence-electron chi connectivity index (χ1n) is 10.5. The second kappa shape index (κ2) is 10.7. The van der Waals surface area contributed by atoms with E-state index in [1.165, 1.54) is 0 Å². The van der Waals surface area contributed by atoms with Crippen LogP contribution in [0.25, 0.3) is 0 Å². The van der Waals surface area contributed by atoms with Crippen molar-refractivity contribution < 1.29 is 32.6 Å². The third-order valence-electron chi connectivity index (χ3n) is 5.53. The summed E-state index contributed by atoms with van der Waals surface area (Å²) in [6, 6.07) is 11.5. The summed E-state index contributed by atoms with van der Waals surface area (Å²) in [5, 5.41) is 7.12. The molecule has 2 aliphatic heterocycles. The van der Waals surface area contributed by atoms with E-state index < -0.39 is 12.1 Å². The van der Waals surface area contributed by atoms with Gasteiger partial charge in [0.1, 0.15) is 5.69 Å². The van der Waals surface area contributed by atoms with Gasteiger partial charge in [0, 0.05) is 45.1 Å². The lowest BCUT2D eigenvalue weighted by molar-refractivity contribution is -0.192. The second-order valence-corrected chi connectivity index (χ2v) is 7.87. The summed E-state index contributed by atoms with van der Waals surface area (Å²) < 4.78 is 37.9. The Hall–Kier alpha value is -3.05. The Morgan fingerprint density at radius 2 is 1.67 bits per heavy atom. The molecule has 0 aliphatic carbocycles. The molecule has 178 valence electrons. The van der Waals surface area contributed by atoms with E-state index in [-0.39, 0.29) is 11.5 Å². The van der Waals surface area contributed by atoms with Gasteiger partial charge >= 0.3 is 12.1 Å². The molecule has 2 aromatic rings. The maximum Gasteiger partial charge on any atom is 0.490 e. The Bertz CT molecular complexity index is 920. The Balaban J connectivity index is 0.000000383. The molecule has 0 radical (unpaired) electrons. The highest BCUT2D eigenvalue weighted by molar-refractivity contribution is 5.92. The Morgan fingerprint density at radius 1 is 1.03 bits per heavy atom. The fourth-order valence-corrected chi connectivity index (χ4v) is 3.85. The molecule has 8 nitrogen and oxygen atoms in total. The number of aliphatic carboxylic acids is 1. The van der Waals surface area contributed by atoms with Gasteiger partial charge in [-0.15, -0.1) is 0 Å². The molecular formula is C22H25F3N4O4. The molecular weight excluding hydrogens is 441 g/mol. The molecule has 4 rings (SSSR count). The van der Waals surface area contributed by atoms with Crippen molar-refractivity contribution in [2.75, 3.05) is 32.8 Å². The van der Waals surface area contributed by atoms with Crippen LogP contribution in [0.2, 0.25) is 0 Å². The quantitative estimate of drug-likeness (QED) is 0.743. The van der Waals surface area contributed by atoms with E-state index in [1.807, 2.05) is 35.4 Å². The van der Waals surface area contributed by atoms with Gasteiger partial charge in [0.2, 0.25) is 0 Å². The number of piperidine rings is 1. The van der Waals surface area contributed by atoms with Crippen LogP contribution >= 0.6 is 0 Å². The van der Waals surface area contributed by atoms with Crippen LogP contribution in [-0.2, 0) is 16.1 Å². The lowest BCUT2D eigenvalue weighted by atomic mass is 9.89. The minimum absolute atomic E-state index is 0.0154. The van der Waals surface area contributed by atoms with Crippen LogP contribution in [0, 0.1) is 0 Å². The summed E-state index contributed by atoms with van der Waals surface area (Å²) in [5.74, 6) is -2.74. The zero-order valence-electron chi connectivity index (χ0n) is 17.9. The number of alkyl halides is 3. The molecule has 4 heterocycles. The van der Waals surface area contributed by atoms with Gasteiger partial charge in [-0.05, 0) is 37.1 Å². The summed E-state index contributed by atoms with van der Waals surface area (Å²) in [6.45, 7) is 4.84. The lowest BCUT2D eigenvalue weighted by Crippen LogP contribution is -2.57. The molecule has 1 spiro atoms. The molecule has 2 saturated heterocycles. The first-order chi connectivity index (χ1) is 15.7. The van der Waals surface area contributed by atoms with Crippen LogP contribution in [0.15, 0.2) is 48.8 Å². The summed E-state index contributed by atoms with van der Waals surface area (Å²) in [6.07, 6.45) is 0.153. The maximum atomic E-state index is 12.6. The Labute approximate surface area is 189 Å². The number of aromatic nitrogens is 2. The highest BCUT2D eigenvalue weighted by atomic mass is 19.4. The Kier molecular flexibility index (Phi) is 7.98. The van der Waals surface area contributed by atoms with Gasteiger partial charge in [-0.25, -0.2) is 4.79 Å². The fourth-order valence-electron chi connectivity index (χ4n) is 3.85. The number of hydrogen-bond acceptors (Lipinski definition) is 6. The lowest BCUT2D eigenvalue weighted by Gasteiger charge is -2.47. The van der Waals surface area contributed by atoms with Crippen LogP contribution in [0.3, 0.4) is 0 Å². The molecule has 2 aliphatic rings. The predicted octanol–water partition coefficient (Wildman–Crippen LogP) is 2.62. The van der Waals surface area contributed by atoms with E-state index in [1.54, 1.807) is 12.3 Å². The van der Waals surface area contributed by atoms with Crippen LogP contribution in [-0.4, -0.2) is 81.3 Å². The number of nitrogens with zero attached hydrogens (tertiary/aromatic N) is 4. The highest BCUT2D eigenvalue weighted by Crippen LogP contribution is 2.31. The number of ether oxygens (including phenoxy) is 1. The van der Waals surface area contributed by atoms with Crippen molar-refractivity contribution in [1.29, 1.82) is 0 Å². The van der Waals surface area contributed by atoms with Crippen molar-refractivity contribution in [2.24, 2.45) is 0 Å². The van der Waals surface area contributed by atoms with Gasteiger partial charge in [0.15, 0.2) is 0 Å². The number of hydrogen-bond donors (Lipinski definition) is 1. The summed E-state index contributed by atoms with van der Waals surface area (Å²) in [4.78, 5) is 34.4. The molecule has 1 amide bonds. The van der Waals surface area contributed by atoms with Gasteiger partial charge in [-0.3, -0.25) is 19.7 Å². The van der Waals surface area contributed by atoms with Crippen molar-refractivity contribution >= 4 is 11.9 Å². The predicted molar refractivity (Wildman–Crippen MR) is 111 cm³/mol. The number of carbonyl (C=O) groups is 2. The van der Waals surface area contributed by atoms with Gasteiger partial charge < -0.3 is 14.7 Å². The van der Waals surface area contributed by atoms with E-state index in [4.69, 9.17) is 14.6 Å². The van der Waals surface area contributed by atoms with Crippen molar-refractivity contribution in [3.8, 4) is 0 Å². The molecule has 0 bridgehead atoms. The van der Waals surface area contributed by atoms with Crippen LogP contribution in [0.5, 0.6) is 0 Å². The Morgan fingerprint density at radius 3 is 2.21 bits per heavy atom. The van der Waals surface area contributed by atoms with Gasteiger partial charge in [0.05, 0.1) is 17.9 Å². The molecule has 11 heteroatoms. The van der Waals surface area contributed by atoms with E-state index in [9.17, 15) is 18.0 Å². The van der Waals surface area contributed by atoms with Crippen molar-refractivity contribution in [3.05, 3.63) is 60.2 Å². The number of pyridine rings is 2. The van der Waals surface area contributed by atoms with E-state index in [0.29, 0.717) is 18.8 Å². The third-order valence-corrected chi connectivity index (χ3v) is 5.53. The number of halogens is 3. The maximum absolute atomic E-state index is 12.6. The zero-order chi connectivity index (χ0) is 23.9.